The Kier molecular flexibility index (Phi) is 4.83. The number of benzene rings is 1. The van der Waals surface area contributed by atoms with Crippen LogP contribution in [0.15, 0.2) is 30.5 Å². The van der Waals surface area contributed by atoms with Crippen molar-refractivity contribution in [2.24, 2.45) is 0 Å². The molecule has 2 aromatic rings. The lowest BCUT2D eigenvalue weighted by Crippen LogP contribution is -2.51. The number of fused-ring (bicyclic) bond motifs is 1. The standard InChI is InChI=1S/C21H27N3O2/c1-15-4-3-5-19-20(15)18(14-22-19)17-6-8-23(9-7-17)16(2)21(25)24-10-12-26-13-11-24/h3-6,14,16,22H,7-13H2,1-2H3/t16-/m0/s1. The van der Waals surface area contributed by atoms with Crippen LogP contribution < -0.4 is 0 Å². The fraction of sp³-hybridized carbons (Fsp3) is 0.476. The van der Waals surface area contributed by atoms with Gasteiger partial charge in [-0.1, -0.05) is 18.2 Å². The van der Waals surface area contributed by atoms with E-state index in [-0.39, 0.29) is 11.9 Å². The van der Waals surface area contributed by atoms with Crippen LogP contribution in [0.5, 0.6) is 0 Å². The summed E-state index contributed by atoms with van der Waals surface area (Å²) in [5, 5.41) is 1.32. The number of rotatable bonds is 3. The summed E-state index contributed by atoms with van der Waals surface area (Å²) in [5.74, 6) is 0.230. The van der Waals surface area contributed by atoms with Gasteiger partial charge in [0, 0.05) is 48.8 Å². The smallest absolute Gasteiger partial charge is 0.239 e. The average Bonchev–Trinajstić information content (AvgIpc) is 3.13. The number of carbonyl (C=O) groups is 1. The summed E-state index contributed by atoms with van der Waals surface area (Å²) in [6, 6.07) is 6.31. The first-order valence-electron chi connectivity index (χ1n) is 9.52. The molecule has 5 nitrogen and oxygen atoms in total. The number of aromatic nitrogens is 1. The van der Waals surface area contributed by atoms with E-state index in [1.54, 1.807) is 0 Å². The Morgan fingerprint density at radius 3 is 2.77 bits per heavy atom. The third-order valence-electron chi connectivity index (χ3n) is 5.73. The third-order valence-corrected chi connectivity index (χ3v) is 5.73. The van der Waals surface area contributed by atoms with Gasteiger partial charge in [-0.3, -0.25) is 9.69 Å². The van der Waals surface area contributed by atoms with Crippen molar-refractivity contribution in [3.8, 4) is 0 Å². The largest absolute Gasteiger partial charge is 0.378 e. The van der Waals surface area contributed by atoms with Crippen molar-refractivity contribution in [2.45, 2.75) is 26.3 Å². The first-order chi connectivity index (χ1) is 12.6. The Balaban J connectivity index is 1.48. The zero-order valence-electron chi connectivity index (χ0n) is 15.6. The second kappa shape index (κ2) is 7.25. The maximum atomic E-state index is 12.7. The van der Waals surface area contributed by atoms with Gasteiger partial charge in [-0.25, -0.2) is 0 Å². The number of carbonyl (C=O) groups excluding carboxylic acids is 1. The molecular formula is C21H27N3O2. The SMILES string of the molecule is Cc1cccc2[nH]cc(C3=CCN([C@@H](C)C(=O)N4CCOCC4)CC3)c12. The highest BCUT2D eigenvalue weighted by Crippen LogP contribution is 2.31. The highest BCUT2D eigenvalue weighted by molar-refractivity contribution is 5.95. The fourth-order valence-electron chi connectivity index (χ4n) is 4.11. The van der Waals surface area contributed by atoms with Crippen molar-refractivity contribution in [3.63, 3.8) is 0 Å². The molecule has 0 saturated carbocycles. The molecule has 3 heterocycles. The van der Waals surface area contributed by atoms with Crippen LogP contribution in [0, 0.1) is 6.92 Å². The molecular weight excluding hydrogens is 326 g/mol. The van der Waals surface area contributed by atoms with Crippen LogP contribution in [-0.4, -0.2) is 66.1 Å². The molecule has 26 heavy (non-hydrogen) atoms. The van der Waals surface area contributed by atoms with Crippen molar-refractivity contribution in [3.05, 3.63) is 41.6 Å². The monoisotopic (exact) mass is 353 g/mol. The van der Waals surface area contributed by atoms with Crippen molar-refractivity contribution < 1.29 is 9.53 Å². The minimum Gasteiger partial charge on any atom is -0.378 e. The topological polar surface area (TPSA) is 48.6 Å². The normalized spacial score (nSPS) is 20.2. The minimum absolute atomic E-state index is 0.0735. The molecule has 138 valence electrons. The van der Waals surface area contributed by atoms with Gasteiger partial charge in [0.2, 0.25) is 5.91 Å². The number of nitrogens with one attached hydrogen (secondary N) is 1. The number of aromatic amines is 1. The zero-order chi connectivity index (χ0) is 18.1. The lowest BCUT2D eigenvalue weighted by Gasteiger charge is -2.35. The van der Waals surface area contributed by atoms with Crippen molar-refractivity contribution in [1.29, 1.82) is 0 Å². The Hall–Kier alpha value is -2.11. The number of hydrogen-bond acceptors (Lipinski definition) is 3. The van der Waals surface area contributed by atoms with E-state index in [9.17, 15) is 4.79 Å². The molecule has 1 fully saturated rings. The summed E-state index contributed by atoms with van der Waals surface area (Å²) >= 11 is 0. The van der Waals surface area contributed by atoms with Gasteiger partial charge in [-0.2, -0.15) is 0 Å². The van der Waals surface area contributed by atoms with E-state index in [2.05, 4.69) is 47.3 Å². The summed E-state index contributed by atoms with van der Waals surface area (Å²) in [5.41, 5.74) is 5.19. The first kappa shape index (κ1) is 17.3. The summed E-state index contributed by atoms with van der Waals surface area (Å²) in [7, 11) is 0. The molecule has 1 N–H and O–H groups in total. The van der Waals surface area contributed by atoms with Crippen molar-refractivity contribution >= 4 is 22.4 Å². The number of hydrogen-bond donors (Lipinski definition) is 1. The van der Waals surface area contributed by atoms with E-state index < -0.39 is 0 Å². The van der Waals surface area contributed by atoms with E-state index in [4.69, 9.17) is 4.74 Å². The van der Waals surface area contributed by atoms with Gasteiger partial charge in [0.15, 0.2) is 0 Å². The van der Waals surface area contributed by atoms with E-state index >= 15 is 0 Å². The molecule has 0 spiro atoms. The fourth-order valence-corrected chi connectivity index (χ4v) is 4.11. The molecule has 0 bridgehead atoms. The van der Waals surface area contributed by atoms with Crippen LogP contribution in [0.25, 0.3) is 16.5 Å². The molecule has 2 aliphatic heterocycles. The number of amides is 1. The number of morpholine rings is 1. The predicted molar refractivity (Wildman–Crippen MR) is 104 cm³/mol. The van der Waals surface area contributed by atoms with Gasteiger partial charge in [0.25, 0.3) is 0 Å². The highest BCUT2D eigenvalue weighted by Gasteiger charge is 2.28. The predicted octanol–water partition coefficient (Wildman–Crippen LogP) is 2.81. The lowest BCUT2D eigenvalue weighted by atomic mass is 9.96. The second-order valence-electron chi connectivity index (χ2n) is 7.29. The Morgan fingerprint density at radius 2 is 2.04 bits per heavy atom. The second-order valence-corrected chi connectivity index (χ2v) is 7.29. The van der Waals surface area contributed by atoms with Crippen LogP contribution in [0.4, 0.5) is 0 Å². The number of ether oxygens (including phenoxy) is 1. The Morgan fingerprint density at radius 1 is 1.23 bits per heavy atom. The molecule has 1 aromatic carbocycles. The molecule has 4 rings (SSSR count). The lowest BCUT2D eigenvalue weighted by molar-refractivity contribution is -0.140. The molecule has 0 radical (unpaired) electrons. The van der Waals surface area contributed by atoms with Gasteiger partial charge < -0.3 is 14.6 Å². The zero-order valence-corrected chi connectivity index (χ0v) is 15.6. The average molecular weight is 353 g/mol. The maximum Gasteiger partial charge on any atom is 0.239 e. The van der Waals surface area contributed by atoms with Gasteiger partial charge in [-0.15, -0.1) is 0 Å². The molecule has 0 aliphatic carbocycles. The molecule has 1 aromatic heterocycles. The Bertz CT molecular complexity index is 833. The summed E-state index contributed by atoms with van der Waals surface area (Å²) < 4.78 is 5.36. The van der Waals surface area contributed by atoms with Crippen LogP contribution in [0.1, 0.15) is 24.5 Å². The van der Waals surface area contributed by atoms with E-state index in [0.717, 1.165) is 19.5 Å². The van der Waals surface area contributed by atoms with Crippen LogP contribution in [-0.2, 0) is 9.53 Å². The minimum atomic E-state index is -0.0735. The van der Waals surface area contributed by atoms with E-state index in [1.807, 2.05) is 11.8 Å². The van der Waals surface area contributed by atoms with Gasteiger partial charge in [-0.05, 0) is 37.5 Å². The highest BCUT2D eigenvalue weighted by atomic mass is 16.5. The summed E-state index contributed by atoms with van der Waals surface area (Å²) in [4.78, 5) is 20.3. The van der Waals surface area contributed by atoms with Crippen LogP contribution in [0.2, 0.25) is 0 Å². The quantitative estimate of drug-likeness (QED) is 0.923. The summed E-state index contributed by atoms with van der Waals surface area (Å²) in [6.45, 7) is 8.68. The molecule has 1 atom stereocenters. The van der Waals surface area contributed by atoms with Gasteiger partial charge in [0.05, 0.1) is 19.3 Å². The van der Waals surface area contributed by atoms with Crippen molar-refractivity contribution in [2.75, 3.05) is 39.4 Å². The molecule has 5 heteroatoms. The molecule has 0 unspecified atom stereocenters. The summed E-state index contributed by atoms with van der Waals surface area (Å²) in [6.07, 6.45) is 5.39. The third kappa shape index (κ3) is 3.17. The Labute approximate surface area is 154 Å². The molecule has 1 saturated heterocycles. The van der Waals surface area contributed by atoms with Gasteiger partial charge in [0.1, 0.15) is 0 Å². The number of nitrogens with zero attached hydrogens (tertiary/aromatic N) is 2. The van der Waals surface area contributed by atoms with E-state index in [0.29, 0.717) is 26.3 Å². The van der Waals surface area contributed by atoms with Crippen molar-refractivity contribution in [1.82, 2.24) is 14.8 Å². The first-order valence-corrected chi connectivity index (χ1v) is 9.52. The van der Waals surface area contributed by atoms with Crippen LogP contribution in [0.3, 0.4) is 0 Å². The number of H-pyrrole nitrogens is 1. The molecule has 1 amide bonds. The van der Waals surface area contributed by atoms with Crippen LogP contribution >= 0.6 is 0 Å². The van der Waals surface area contributed by atoms with E-state index in [1.165, 1.54) is 27.6 Å². The van der Waals surface area contributed by atoms with Gasteiger partial charge >= 0.3 is 0 Å². The molecule has 2 aliphatic rings. The number of aryl methyl sites for hydroxylation is 1. The maximum absolute atomic E-state index is 12.7.